The lowest BCUT2D eigenvalue weighted by atomic mass is 10.1. The molecule has 1 atom stereocenters. The van der Waals surface area contributed by atoms with Crippen LogP contribution in [0.5, 0.6) is 0 Å². The van der Waals surface area contributed by atoms with Crippen LogP contribution in [0.15, 0.2) is 29.2 Å². The van der Waals surface area contributed by atoms with Crippen molar-refractivity contribution in [2.75, 3.05) is 0 Å². The van der Waals surface area contributed by atoms with E-state index in [0.29, 0.717) is 6.42 Å². The number of rotatable bonds is 7. The van der Waals surface area contributed by atoms with Crippen LogP contribution in [-0.2, 0) is 14.8 Å². The van der Waals surface area contributed by atoms with Crippen LogP contribution in [0, 0.1) is 5.82 Å². The topological polar surface area (TPSA) is 83.5 Å². The normalized spacial score (nSPS) is 13.2. The molecule has 1 aromatic rings. The van der Waals surface area contributed by atoms with Crippen LogP contribution in [0.2, 0.25) is 0 Å². The summed E-state index contributed by atoms with van der Waals surface area (Å²) in [5, 5.41) is 8.97. The van der Waals surface area contributed by atoms with Crippen molar-refractivity contribution >= 4 is 16.0 Å². The molecule has 2 N–H and O–H groups in total. The minimum Gasteiger partial charge on any atom is -0.480 e. The van der Waals surface area contributed by atoms with Crippen LogP contribution >= 0.6 is 0 Å². The summed E-state index contributed by atoms with van der Waals surface area (Å²) in [6.45, 7) is 1.88. The van der Waals surface area contributed by atoms with Crippen molar-refractivity contribution in [3.8, 4) is 0 Å². The first-order valence-electron chi connectivity index (χ1n) is 5.87. The lowest BCUT2D eigenvalue weighted by Gasteiger charge is -2.14. The van der Waals surface area contributed by atoms with E-state index >= 15 is 0 Å². The second-order valence-electron chi connectivity index (χ2n) is 4.11. The first kappa shape index (κ1) is 15.6. The molecule has 0 amide bonds. The summed E-state index contributed by atoms with van der Waals surface area (Å²) in [7, 11) is -3.95. The molecule has 1 rings (SSSR count). The minimum atomic E-state index is -3.95. The summed E-state index contributed by atoms with van der Waals surface area (Å²) in [6.07, 6.45) is 1.58. The van der Waals surface area contributed by atoms with Crippen molar-refractivity contribution in [2.24, 2.45) is 0 Å². The van der Waals surface area contributed by atoms with Gasteiger partial charge in [0.1, 0.15) is 11.9 Å². The lowest BCUT2D eigenvalue weighted by molar-refractivity contribution is -0.139. The summed E-state index contributed by atoms with van der Waals surface area (Å²) in [5.74, 6) is -1.78. The number of aliphatic carboxylic acids is 1. The molecule has 7 heteroatoms. The standard InChI is InChI=1S/C12H16FNO4S/c1-2-3-4-11(12(15)16)14-19(17,18)10-7-5-9(13)6-8-10/h5-8,11,14H,2-4H2,1H3,(H,15,16)/t11-/m0/s1. The highest BCUT2D eigenvalue weighted by Gasteiger charge is 2.24. The third-order valence-corrected chi connectivity index (χ3v) is 4.05. The zero-order valence-electron chi connectivity index (χ0n) is 10.5. The summed E-state index contributed by atoms with van der Waals surface area (Å²) >= 11 is 0. The quantitative estimate of drug-likeness (QED) is 0.801. The molecule has 5 nitrogen and oxygen atoms in total. The van der Waals surface area contributed by atoms with Crippen LogP contribution in [0.4, 0.5) is 4.39 Å². The molecule has 0 aliphatic heterocycles. The SMILES string of the molecule is CCCC[C@H](NS(=O)(=O)c1ccc(F)cc1)C(=O)O. The number of halogens is 1. The Morgan fingerprint density at radius 1 is 1.37 bits per heavy atom. The fraction of sp³-hybridized carbons (Fsp3) is 0.417. The van der Waals surface area contributed by atoms with Crippen molar-refractivity contribution in [1.82, 2.24) is 4.72 Å². The largest absolute Gasteiger partial charge is 0.480 e. The van der Waals surface area contributed by atoms with Gasteiger partial charge in [-0.15, -0.1) is 0 Å². The lowest BCUT2D eigenvalue weighted by Crippen LogP contribution is -2.40. The fourth-order valence-corrected chi connectivity index (χ4v) is 2.73. The molecule has 1 aromatic carbocycles. The third-order valence-electron chi connectivity index (χ3n) is 2.57. The number of benzene rings is 1. The van der Waals surface area contributed by atoms with E-state index in [1.54, 1.807) is 0 Å². The Hall–Kier alpha value is -1.47. The van der Waals surface area contributed by atoms with Gasteiger partial charge in [-0.2, -0.15) is 4.72 Å². The van der Waals surface area contributed by atoms with Gasteiger partial charge in [0.15, 0.2) is 0 Å². The number of sulfonamides is 1. The van der Waals surface area contributed by atoms with Crippen molar-refractivity contribution < 1.29 is 22.7 Å². The van der Waals surface area contributed by atoms with Crippen LogP contribution in [0.25, 0.3) is 0 Å². The van der Waals surface area contributed by atoms with E-state index in [2.05, 4.69) is 4.72 Å². The molecule has 0 unspecified atom stereocenters. The van der Waals surface area contributed by atoms with Gasteiger partial charge in [-0.1, -0.05) is 19.8 Å². The molecule has 0 bridgehead atoms. The number of carbonyl (C=O) groups is 1. The van der Waals surface area contributed by atoms with Gasteiger partial charge in [-0.25, -0.2) is 12.8 Å². The van der Waals surface area contributed by atoms with E-state index in [4.69, 9.17) is 5.11 Å². The van der Waals surface area contributed by atoms with Crippen LogP contribution < -0.4 is 4.72 Å². The Balaban J connectivity index is 2.87. The smallest absolute Gasteiger partial charge is 0.321 e. The Morgan fingerprint density at radius 3 is 2.42 bits per heavy atom. The summed E-state index contributed by atoms with van der Waals surface area (Å²) in [4.78, 5) is 10.8. The predicted octanol–water partition coefficient (Wildman–Crippen LogP) is 1.75. The third kappa shape index (κ3) is 4.60. The van der Waals surface area contributed by atoms with E-state index in [9.17, 15) is 17.6 Å². The predicted molar refractivity (Wildman–Crippen MR) is 67.7 cm³/mol. The van der Waals surface area contributed by atoms with Gasteiger partial charge in [0.2, 0.25) is 10.0 Å². The highest BCUT2D eigenvalue weighted by molar-refractivity contribution is 7.89. The minimum absolute atomic E-state index is 0.156. The molecule has 0 aliphatic carbocycles. The highest BCUT2D eigenvalue weighted by atomic mass is 32.2. The molecule has 0 aliphatic rings. The number of unbranched alkanes of at least 4 members (excludes halogenated alkanes) is 1. The summed E-state index contributed by atoms with van der Waals surface area (Å²) in [5.41, 5.74) is 0. The van der Waals surface area contributed by atoms with Gasteiger partial charge in [0.25, 0.3) is 0 Å². The van der Waals surface area contributed by atoms with Gasteiger partial charge in [-0.05, 0) is 30.7 Å². The number of hydrogen-bond acceptors (Lipinski definition) is 3. The Morgan fingerprint density at radius 2 is 1.95 bits per heavy atom. The maximum atomic E-state index is 12.7. The first-order valence-corrected chi connectivity index (χ1v) is 7.36. The monoisotopic (exact) mass is 289 g/mol. The second kappa shape index (κ2) is 6.63. The van der Waals surface area contributed by atoms with Gasteiger partial charge < -0.3 is 5.11 Å². The number of hydrogen-bond donors (Lipinski definition) is 2. The molecule has 0 spiro atoms. The molecule has 0 fully saturated rings. The Labute approximate surface area is 111 Å². The summed E-state index contributed by atoms with van der Waals surface area (Å²) < 4.78 is 38.7. The Bertz CT molecular complexity index is 527. The van der Waals surface area contributed by atoms with Crippen LogP contribution in [-0.4, -0.2) is 25.5 Å². The average molecular weight is 289 g/mol. The maximum absolute atomic E-state index is 12.7. The Kier molecular flexibility index (Phi) is 5.44. The van der Waals surface area contributed by atoms with Crippen molar-refractivity contribution in [3.63, 3.8) is 0 Å². The first-order chi connectivity index (χ1) is 8.86. The number of carboxylic acids is 1. The zero-order valence-corrected chi connectivity index (χ0v) is 11.3. The van der Waals surface area contributed by atoms with E-state index in [0.717, 1.165) is 30.7 Å². The molecule has 19 heavy (non-hydrogen) atoms. The van der Waals surface area contributed by atoms with E-state index in [1.807, 2.05) is 6.92 Å². The van der Waals surface area contributed by atoms with Crippen molar-refractivity contribution in [2.45, 2.75) is 37.1 Å². The highest BCUT2D eigenvalue weighted by Crippen LogP contribution is 2.12. The van der Waals surface area contributed by atoms with Crippen molar-refractivity contribution in [1.29, 1.82) is 0 Å². The number of carboxylic acid groups (broad SMARTS) is 1. The molecule has 106 valence electrons. The second-order valence-corrected chi connectivity index (χ2v) is 5.82. The van der Waals surface area contributed by atoms with Crippen LogP contribution in [0.3, 0.4) is 0 Å². The van der Waals surface area contributed by atoms with Gasteiger partial charge in [0.05, 0.1) is 4.90 Å². The van der Waals surface area contributed by atoms with Gasteiger partial charge in [0, 0.05) is 0 Å². The zero-order chi connectivity index (χ0) is 14.5. The molecular weight excluding hydrogens is 273 g/mol. The maximum Gasteiger partial charge on any atom is 0.321 e. The number of nitrogens with one attached hydrogen (secondary N) is 1. The molecule has 0 saturated carbocycles. The van der Waals surface area contributed by atoms with Crippen molar-refractivity contribution in [3.05, 3.63) is 30.1 Å². The van der Waals surface area contributed by atoms with Gasteiger partial charge in [-0.3, -0.25) is 4.79 Å². The fourth-order valence-electron chi connectivity index (χ4n) is 1.51. The summed E-state index contributed by atoms with van der Waals surface area (Å²) in [6, 6.07) is 3.04. The molecule has 0 radical (unpaired) electrons. The van der Waals surface area contributed by atoms with E-state index in [1.165, 1.54) is 0 Å². The average Bonchev–Trinajstić information content (AvgIpc) is 2.34. The van der Waals surface area contributed by atoms with Gasteiger partial charge >= 0.3 is 5.97 Å². The van der Waals surface area contributed by atoms with E-state index in [-0.39, 0.29) is 11.3 Å². The molecule has 0 heterocycles. The van der Waals surface area contributed by atoms with Crippen LogP contribution in [0.1, 0.15) is 26.2 Å². The van der Waals surface area contributed by atoms with E-state index < -0.39 is 27.9 Å². The molecule has 0 saturated heterocycles. The molecular formula is C12H16FNO4S. The molecule has 0 aromatic heterocycles.